The number of alkyl halides is 3. The molecule has 0 amide bonds. The smallest absolute Gasteiger partial charge is 0.327 e. The van der Waals surface area contributed by atoms with Crippen molar-refractivity contribution in [1.82, 2.24) is 0 Å². The Bertz CT molecular complexity index is 364. The highest BCUT2D eigenvalue weighted by Gasteiger charge is 2.32. The Labute approximate surface area is 104 Å². The van der Waals surface area contributed by atoms with Gasteiger partial charge in [-0.1, -0.05) is 37.8 Å². The molecule has 0 spiro atoms. The van der Waals surface area contributed by atoms with Crippen molar-refractivity contribution in [2.75, 3.05) is 6.54 Å². The van der Waals surface area contributed by atoms with Gasteiger partial charge in [-0.3, -0.25) is 0 Å². The van der Waals surface area contributed by atoms with Crippen LogP contribution in [0.3, 0.4) is 0 Å². The van der Waals surface area contributed by atoms with E-state index in [0.29, 0.717) is 18.1 Å². The van der Waals surface area contributed by atoms with Gasteiger partial charge in [0.15, 0.2) is 0 Å². The van der Waals surface area contributed by atoms with Gasteiger partial charge in [-0.2, -0.15) is 13.2 Å². The summed E-state index contributed by atoms with van der Waals surface area (Å²) in [6, 6.07) is 0. The quantitative estimate of drug-likeness (QED) is 0.436. The van der Waals surface area contributed by atoms with Crippen LogP contribution in [0.2, 0.25) is 0 Å². The van der Waals surface area contributed by atoms with Gasteiger partial charge in [0.25, 0.3) is 0 Å². The molecule has 1 unspecified atom stereocenters. The van der Waals surface area contributed by atoms with Crippen LogP contribution in [0.4, 0.5) is 17.6 Å². The second-order valence-corrected chi connectivity index (χ2v) is 3.71. The zero-order chi connectivity index (χ0) is 14.3. The van der Waals surface area contributed by atoms with Crippen LogP contribution in [0.15, 0.2) is 48.4 Å². The minimum Gasteiger partial charge on any atom is -0.327 e. The zero-order valence-corrected chi connectivity index (χ0v) is 10.2. The van der Waals surface area contributed by atoms with Crippen molar-refractivity contribution in [2.24, 2.45) is 11.7 Å². The SMILES string of the molecule is C=C/C=C(\C=C(\F)C(CC)C(=C)CN)C(F)(F)F. The molecule has 0 aromatic rings. The van der Waals surface area contributed by atoms with E-state index in [2.05, 4.69) is 13.2 Å². The van der Waals surface area contributed by atoms with Gasteiger partial charge < -0.3 is 5.73 Å². The summed E-state index contributed by atoms with van der Waals surface area (Å²) in [5.74, 6) is -1.68. The van der Waals surface area contributed by atoms with Crippen LogP contribution < -0.4 is 5.73 Å². The van der Waals surface area contributed by atoms with E-state index in [0.717, 1.165) is 12.2 Å². The van der Waals surface area contributed by atoms with Gasteiger partial charge in [-0.05, 0) is 12.5 Å². The molecule has 0 saturated heterocycles. The molecular weight excluding hydrogens is 246 g/mol. The second-order valence-electron chi connectivity index (χ2n) is 3.71. The molecule has 0 aliphatic heterocycles. The largest absolute Gasteiger partial charge is 0.416 e. The minimum absolute atomic E-state index is 0.0340. The minimum atomic E-state index is -4.62. The molecule has 1 atom stereocenters. The first-order valence-electron chi connectivity index (χ1n) is 5.42. The van der Waals surface area contributed by atoms with Gasteiger partial charge in [-0.15, -0.1) is 0 Å². The fourth-order valence-electron chi connectivity index (χ4n) is 1.42. The number of nitrogens with two attached hydrogens (primary N) is 1. The maximum atomic E-state index is 13.8. The standard InChI is InChI=1S/C13H17F4N/c1-4-6-10(13(15,16)17)7-12(14)11(5-2)9(3)8-18/h4,6-7,11H,1,3,5,8,18H2,2H3/b10-6+,12-7+. The first-order valence-corrected chi connectivity index (χ1v) is 5.42. The molecule has 0 aliphatic carbocycles. The Morgan fingerprint density at radius 2 is 1.94 bits per heavy atom. The summed E-state index contributed by atoms with van der Waals surface area (Å²) in [4.78, 5) is 0. The normalized spacial score (nSPS) is 15.4. The molecule has 0 radical (unpaired) electrons. The molecular formula is C13H17F4N. The highest BCUT2D eigenvalue weighted by atomic mass is 19.4. The highest BCUT2D eigenvalue weighted by molar-refractivity contribution is 5.31. The van der Waals surface area contributed by atoms with E-state index in [1.165, 1.54) is 0 Å². The molecule has 0 aromatic carbocycles. The maximum Gasteiger partial charge on any atom is 0.416 e. The van der Waals surface area contributed by atoms with Crippen LogP contribution in [0.5, 0.6) is 0 Å². The average molecular weight is 263 g/mol. The summed E-state index contributed by atoms with van der Waals surface area (Å²) >= 11 is 0. The summed E-state index contributed by atoms with van der Waals surface area (Å²) in [6.07, 6.45) is -2.16. The molecule has 102 valence electrons. The first kappa shape index (κ1) is 16.6. The predicted octanol–water partition coefficient (Wildman–Crippen LogP) is 4.06. The third-order valence-corrected chi connectivity index (χ3v) is 2.41. The Morgan fingerprint density at radius 3 is 2.28 bits per heavy atom. The van der Waals surface area contributed by atoms with Crippen molar-refractivity contribution in [1.29, 1.82) is 0 Å². The lowest BCUT2D eigenvalue weighted by atomic mass is 9.95. The number of rotatable bonds is 6. The highest BCUT2D eigenvalue weighted by Crippen LogP contribution is 2.31. The Balaban J connectivity index is 5.31. The first-order chi connectivity index (χ1) is 8.27. The molecule has 0 rings (SSSR count). The van der Waals surface area contributed by atoms with Crippen LogP contribution in [0.25, 0.3) is 0 Å². The summed E-state index contributed by atoms with van der Waals surface area (Å²) in [6.45, 7) is 8.42. The third-order valence-electron chi connectivity index (χ3n) is 2.41. The van der Waals surface area contributed by atoms with Gasteiger partial charge >= 0.3 is 6.18 Å². The molecule has 0 bridgehead atoms. The summed E-state index contributed by atoms with van der Waals surface area (Å²) in [5, 5.41) is 0. The third kappa shape index (κ3) is 4.87. The molecule has 0 aliphatic rings. The van der Waals surface area contributed by atoms with Crippen molar-refractivity contribution in [3.63, 3.8) is 0 Å². The van der Waals surface area contributed by atoms with Gasteiger partial charge in [0.1, 0.15) is 5.83 Å². The van der Waals surface area contributed by atoms with Crippen LogP contribution in [-0.4, -0.2) is 12.7 Å². The Kier molecular flexibility index (Phi) is 6.62. The van der Waals surface area contributed by atoms with E-state index in [9.17, 15) is 17.6 Å². The summed E-state index contributed by atoms with van der Waals surface area (Å²) < 4.78 is 51.4. The fraction of sp³-hybridized carbons (Fsp3) is 0.385. The van der Waals surface area contributed by atoms with Crippen molar-refractivity contribution in [2.45, 2.75) is 19.5 Å². The van der Waals surface area contributed by atoms with Crippen molar-refractivity contribution < 1.29 is 17.6 Å². The second kappa shape index (κ2) is 7.16. The molecule has 0 heterocycles. The van der Waals surface area contributed by atoms with Crippen LogP contribution in [-0.2, 0) is 0 Å². The molecule has 2 N–H and O–H groups in total. The maximum absolute atomic E-state index is 13.8. The van der Waals surface area contributed by atoms with Gasteiger partial charge in [0.05, 0.1) is 5.57 Å². The van der Waals surface area contributed by atoms with Crippen molar-refractivity contribution >= 4 is 0 Å². The fourth-order valence-corrected chi connectivity index (χ4v) is 1.42. The summed E-state index contributed by atoms with van der Waals surface area (Å²) in [7, 11) is 0. The van der Waals surface area contributed by atoms with E-state index >= 15 is 0 Å². The van der Waals surface area contributed by atoms with E-state index in [1.54, 1.807) is 6.92 Å². The lowest BCUT2D eigenvalue weighted by Gasteiger charge is -2.16. The Morgan fingerprint density at radius 1 is 1.39 bits per heavy atom. The van der Waals surface area contributed by atoms with Gasteiger partial charge in [-0.25, -0.2) is 4.39 Å². The van der Waals surface area contributed by atoms with E-state index < -0.39 is 23.5 Å². The number of hydrogen-bond donors (Lipinski definition) is 1. The van der Waals surface area contributed by atoms with E-state index in [-0.39, 0.29) is 6.54 Å². The van der Waals surface area contributed by atoms with Gasteiger partial charge in [0, 0.05) is 12.5 Å². The molecule has 5 heteroatoms. The van der Waals surface area contributed by atoms with Crippen LogP contribution >= 0.6 is 0 Å². The number of hydrogen-bond acceptors (Lipinski definition) is 1. The molecule has 0 aromatic heterocycles. The monoisotopic (exact) mass is 263 g/mol. The number of allylic oxidation sites excluding steroid dienone is 5. The van der Waals surface area contributed by atoms with Crippen molar-refractivity contribution in [3.05, 3.63) is 48.4 Å². The van der Waals surface area contributed by atoms with E-state index in [1.807, 2.05) is 0 Å². The Hall–Kier alpha value is -1.36. The topological polar surface area (TPSA) is 26.0 Å². The molecule has 18 heavy (non-hydrogen) atoms. The molecule has 1 nitrogen and oxygen atoms in total. The van der Waals surface area contributed by atoms with Gasteiger partial charge in [0.2, 0.25) is 0 Å². The predicted molar refractivity (Wildman–Crippen MR) is 65.5 cm³/mol. The zero-order valence-electron chi connectivity index (χ0n) is 10.2. The van der Waals surface area contributed by atoms with Crippen molar-refractivity contribution in [3.8, 4) is 0 Å². The lowest BCUT2D eigenvalue weighted by molar-refractivity contribution is -0.0884. The van der Waals surface area contributed by atoms with E-state index in [4.69, 9.17) is 5.73 Å². The average Bonchev–Trinajstić information content (AvgIpc) is 2.27. The lowest BCUT2D eigenvalue weighted by Crippen LogP contribution is -2.14. The summed E-state index contributed by atoms with van der Waals surface area (Å²) in [5.41, 5.74) is 4.60. The van der Waals surface area contributed by atoms with Crippen LogP contribution in [0, 0.1) is 5.92 Å². The molecule has 0 saturated carbocycles. The molecule has 0 fully saturated rings. The number of halogens is 4. The van der Waals surface area contributed by atoms with Crippen LogP contribution in [0.1, 0.15) is 13.3 Å².